The number of nitriles is 1. The van der Waals surface area contributed by atoms with Crippen molar-refractivity contribution < 1.29 is 14.3 Å². The van der Waals surface area contributed by atoms with E-state index in [1.165, 1.54) is 0 Å². The molecule has 158 valence electrons. The Bertz CT molecular complexity index is 963. The summed E-state index contributed by atoms with van der Waals surface area (Å²) in [4.78, 5) is 13.5. The number of carbonyl (C=O) groups excluding carboxylic acids is 1. The topological polar surface area (TPSA) is 71.3 Å². The molecule has 1 fully saturated rings. The fraction of sp³-hybridized carbons (Fsp3) is 0.391. The average molecular weight is 447 g/mol. The molecule has 0 radical (unpaired) electrons. The third-order valence-electron chi connectivity index (χ3n) is 5.16. The van der Waals surface area contributed by atoms with Crippen LogP contribution in [0.1, 0.15) is 37.8 Å². The number of rotatable bonds is 6. The van der Waals surface area contributed by atoms with Gasteiger partial charge in [0.05, 0.1) is 17.6 Å². The Hall–Kier alpha value is -2.26. The van der Waals surface area contributed by atoms with Crippen molar-refractivity contribution in [3.63, 3.8) is 0 Å². The molecule has 5 nitrogen and oxygen atoms in total. The van der Waals surface area contributed by atoms with Crippen LogP contribution in [0, 0.1) is 17.2 Å². The molecule has 2 aromatic rings. The quantitative estimate of drug-likeness (QED) is 0.627. The van der Waals surface area contributed by atoms with Gasteiger partial charge in [-0.15, -0.1) is 0 Å². The van der Waals surface area contributed by atoms with Crippen LogP contribution in [-0.4, -0.2) is 25.7 Å². The summed E-state index contributed by atoms with van der Waals surface area (Å²) < 4.78 is 11.2. The Morgan fingerprint density at radius 1 is 1.23 bits per heavy atom. The largest absolute Gasteiger partial charge is 0.492 e. The minimum atomic E-state index is -0.834. The number of ether oxygens (including phenoxy) is 2. The van der Waals surface area contributed by atoms with Crippen LogP contribution in [0.5, 0.6) is 5.75 Å². The van der Waals surface area contributed by atoms with Gasteiger partial charge in [-0.1, -0.05) is 43.1 Å². The molecule has 1 aliphatic rings. The first-order chi connectivity index (χ1) is 14.4. The standard InChI is InChI=1S/C23H24Cl2N2O3/c1-15(2)14-30-21-6-4-18(11-16(21)13-26)27-22(28)23(7-9-29-10-8-23)19-5-3-17(24)12-20(19)25/h3-6,11-12,15H,7-10,14H2,1-2H3,(H,27,28). The molecule has 0 saturated carbocycles. The number of nitrogens with zero attached hydrogens (tertiary/aromatic N) is 1. The summed E-state index contributed by atoms with van der Waals surface area (Å²) in [5.74, 6) is 0.661. The molecule has 1 N–H and O–H groups in total. The first-order valence-corrected chi connectivity index (χ1v) is 10.6. The third-order valence-corrected chi connectivity index (χ3v) is 5.71. The van der Waals surface area contributed by atoms with Gasteiger partial charge in [-0.2, -0.15) is 5.26 Å². The number of halogens is 2. The van der Waals surface area contributed by atoms with Crippen LogP contribution in [0.4, 0.5) is 5.69 Å². The van der Waals surface area contributed by atoms with E-state index in [9.17, 15) is 10.1 Å². The molecule has 0 atom stereocenters. The van der Waals surface area contributed by atoms with Crippen LogP contribution >= 0.6 is 23.2 Å². The number of hydrogen-bond donors (Lipinski definition) is 1. The maximum Gasteiger partial charge on any atom is 0.235 e. The van der Waals surface area contributed by atoms with Crippen molar-refractivity contribution in [1.82, 2.24) is 0 Å². The first kappa shape index (κ1) is 22.4. The van der Waals surface area contributed by atoms with E-state index in [2.05, 4.69) is 11.4 Å². The van der Waals surface area contributed by atoms with E-state index >= 15 is 0 Å². The molecule has 0 unspecified atom stereocenters. The van der Waals surface area contributed by atoms with E-state index in [1.54, 1.807) is 36.4 Å². The zero-order valence-corrected chi connectivity index (χ0v) is 18.5. The van der Waals surface area contributed by atoms with Gasteiger partial charge in [0, 0.05) is 28.9 Å². The van der Waals surface area contributed by atoms with Crippen LogP contribution in [-0.2, 0) is 14.9 Å². The Kier molecular flexibility index (Phi) is 7.25. The lowest BCUT2D eigenvalue weighted by Crippen LogP contribution is -2.45. The van der Waals surface area contributed by atoms with Gasteiger partial charge in [0.1, 0.15) is 11.8 Å². The predicted octanol–water partition coefficient (Wildman–Crippen LogP) is 5.59. The van der Waals surface area contributed by atoms with Crippen molar-refractivity contribution in [3.05, 3.63) is 57.6 Å². The zero-order valence-electron chi connectivity index (χ0n) is 17.0. The SMILES string of the molecule is CC(C)COc1ccc(NC(=O)C2(c3ccc(Cl)cc3Cl)CCOCC2)cc1C#N. The number of amides is 1. The normalized spacial score (nSPS) is 15.5. The number of anilines is 1. The average Bonchev–Trinajstić information content (AvgIpc) is 2.73. The van der Waals surface area contributed by atoms with Crippen molar-refractivity contribution in [1.29, 1.82) is 5.26 Å². The summed E-state index contributed by atoms with van der Waals surface area (Å²) in [6.45, 7) is 5.50. The Morgan fingerprint density at radius 2 is 1.97 bits per heavy atom. The lowest BCUT2D eigenvalue weighted by molar-refractivity contribution is -0.125. The molecule has 0 aliphatic carbocycles. The van der Waals surface area contributed by atoms with E-state index in [1.807, 2.05) is 13.8 Å². The minimum Gasteiger partial charge on any atom is -0.492 e. The van der Waals surface area contributed by atoms with Crippen LogP contribution < -0.4 is 10.1 Å². The maximum atomic E-state index is 13.5. The molecular weight excluding hydrogens is 423 g/mol. The Morgan fingerprint density at radius 3 is 2.60 bits per heavy atom. The van der Waals surface area contributed by atoms with Gasteiger partial charge < -0.3 is 14.8 Å². The molecule has 0 bridgehead atoms. The molecule has 1 aliphatic heterocycles. The molecule has 3 rings (SSSR count). The molecule has 7 heteroatoms. The summed E-state index contributed by atoms with van der Waals surface area (Å²) in [5.41, 5.74) is 0.801. The number of hydrogen-bond acceptors (Lipinski definition) is 4. The molecule has 1 saturated heterocycles. The Balaban J connectivity index is 1.89. The van der Waals surface area contributed by atoms with Gasteiger partial charge in [0.25, 0.3) is 0 Å². The monoisotopic (exact) mass is 446 g/mol. The molecule has 0 spiro atoms. The van der Waals surface area contributed by atoms with Gasteiger partial charge in [0.15, 0.2) is 0 Å². The van der Waals surface area contributed by atoms with Crippen LogP contribution in [0.3, 0.4) is 0 Å². The number of benzene rings is 2. The first-order valence-electron chi connectivity index (χ1n) is 9.87. The smallest absolute Gasteiger partial charge is 0.235 e. The van der Waals surface area contributed by atoms with E-state index in [-0.39, 0.29) is 5.91 Å². The second kappa shape index (κ2) is 9.70. The maximum absolute atomic E-state index is 13.5. The highest BCUT2D eigenvalue weighted by atomic mass is 35.5. The van der Waals surface area contributed by atoms with Crippen molar-refractivity contribution in [2.24, 2.45) is 5.92 Å². The van der Waals surface area contributed by atoms with Crippen molar-refractivity contribution in [3.8, 4) is 11.8 Å². The molecule has 0 aromatic heterocycles. The summed E-state index contributed by atoms with van der Waals surface area (Å²) >= 11 is 12.5. The highest BCUT2D eigenvalue weighted by molar-refractivity contribution is 6.35. The van der Waals surface area contributed by atoms with Crippen LogP contribution in [0.25, 0.3) is 0 Å². The van der Waals surface area contributed by atoms with E-state index in [0.29, 0.717) is 65.6 Å². The van der Waals surface area contributed by atoms with Crippen molar-refractivity contribution in [2.45, 2.75) is 32.1 Å². The molecule has 1 amide bonds. The lowest BCUT2D eigenvalue weighted by atomic mass is 9.73. The predicted molar refractivity (Wildman–Crippen MR) is 118 cm³/mol. The minimum absolute atomic E-state index is 0.185. The summed E-state index contributed by atoms with van der Waals surface area (Å²) in [6, 6.07) is 12.4. The van der Waals surface area contributed by atoms with Crippen LogP contribution in [0.2, 0.25) is 10.0 Å². The summed E-state index contributed by atoms with van der Waals surface area (Å²) in [6.07, 6.45) is 1.00. The fourth-order valence-corrected chi connectivity index (χ4v) is 4.13. The van der Waals surface area contributed by atoms with E-state index < -0.39 is 5.41 Å². The van der Waals surface area contributed by atoms with Gasteiger partial charge in [0.2, 0.25) is 5.91 Å². The van der Waals surface area contributed by atoms with Gasteiger partial charge in [-0.05, 0) is 54.7 Å². The summed E-state index contributed by atoms with van der Waals surface area (Å²) in [7, 11) is 0. The second-order valence-corrected chi connectivity index (χ2v) is 8.64. The highest BCUT2D eigenvalue weighted by Crippen LogP contribution is 2.40. The van der Waals surface area contributed by atoms with Crippen molar-refractivity contribution in [2.75, 3.05) is 25.1 Å². The molecular formula is C23H24Cl2N2O3. The zero-order chi connectivity index (χ0) is 21.7. The Labute approximate surface area is 186 Å². The van der Waals surface area contributed by atoms with E-state index in [4.69, 9.17) is 32.7 Å². The molecule has 2 aromatic carbocycles. The van der Waals surface area contributed by atoms with Gasteiger partial charge in [-0.3, -0.25) is 4.79 Å². The lowest BCUT2D eigenvalue weighted by Gasteiger charge is -2.36. The van der Waals surface area contributed by atoms with Gasteiger partial charge in [-0.25, -0.2) is 0 Å². The fourth-order valence-electron chi connectivity index (χ4n) is 3.54. The van der Waals surface area contributed by atoms with Crippen LogP contribution in [0.15, 0.2) is 36.4 Å². The van der Waals surface area contributed by atoms with Gasteiger partial charge >= 0.3 is 0 Å². The summed E-state index contributed by atoms with van der Waals surface area (Å²) in [5, 5.41) is 13.4. The van der Waals surface area contributed by atoms with E-state index in [0.717, 1.165) is 5.56 Å². The van der Waals surface area contributed by atoms with Crippen molar-refractivity contribution >= 4 is 34.8 Å². The number of carbonyl (C=O) groups is 1. The third kappa shape index (κ3) is 4.89. The molecule has 30 heavy (non-hydrogen) atoms. The highest BCUT2D eigenvalue weighted by Gasteiger charge is 2.43. The second-order valence-electron chi connectivity index (χ2n) is 7.80. The number of nitrogens with one attached hydrogen (secondary N) is 1. The molecule has 1 heterocycles.